The van der Waals surface area contributed by atoms with Crippen LogP contribution < -0.4 is 14.8 Å². The molecule has 0 bridgehead atoms. The summed E-state index contributed by atoms with van der Waals surface area (Å²) in [6, 6.07) is 18.0. The Hall–Kier alpha value is -3.01. The summed E-state index contributed by atoms with van der Waals surface area (Å²) in [5.74, 6) is 2.28. The third-order valence-corrected chi connectivity index (χ3v) is 4.03. The molecule has 3 aromatic rings. The van der Waals surface area contributed by atoms with E-state index in [-0.39, 0.29) is 0 Å². The smallest absolute Gasteiger partial charge is 0.142 e. The first-order valence-corrected chi connectivity index (χ1v) is 7.40. The highest BCUT2D eigenvalue weighted by Gasteiger charge is 2.18. The van der Waals surface area contributed by atoms with Gasteiger partial charge in [0.05, 0.1) is 25.5 Å². The molecule has 1 N–H and O–H groups in total. The Labute approximate surface area is 134 Å². The number of nitrogens with one attached hydrogen (secondary N) is 1. The average molecular weight is 304 g/mol. The fourth-order valence-electron chi connectivity index (χ4n) is 2.92. The fraction of sp³-hybridized carbons (Fsp3) is 0.105. The Morgan fingerprint density at radius 3 is 2.52 bits per heavy atom. The van der Waals surface area contributed by atoms with Crippen LogP contribution in [-0.4, -0.2) is 20.1 Å². The van der Waals surface area contributed by atoms with E-state index < -0.39 is 0 Å². The summed E-state index contributed by atoms with van der Waals surface area (Å²) in [5.41, 5.74) is 2.88. The van der Waals surface area contributed by atoms with Crippen LogP contribution in [0.15, 0.2) is 59.6 Å². The van der Waals surface area contributed by atoms with Crippen LogP contribution in [0.5, 0.6) is 11.5 Å². The number of methoxy groups -OCH3 is 2. The van der Waals surface area contributed by atoms with E-state index in [9.17, 15) is 0 Å². The predicted molar refractivity (Wildman–Crippen MR) is 93.3 cm³/mol. The maximum atomic E-state index is 5.48. The van der Waals surface area contributed by atoms with Crippen LogP contribution in [0.4, 0.5) is 11.4 Å². The first-order chi connectivity index (χ1) is 11.3. The zero-order valence-electron chi connectivity index (χ0n) is 13.0. The summed E-state index contributed by atoms with van der Waals surface area (Å²) < 4.78 is 10.8. The van der Waals surface area contributed by atoms with E-state index in [2.05, 4.69) is 23.5 Å². The fourth-order valence-corrected chi connectivity index (χ4v) is 2.92. The first kappa shape index (κ1) is 13.6. The lowest BCUT2D eigenvalue weighted by Gasteiger charge is -2.20. The lowest BCUT2D eigenvalue weighted by Crippen LogP contribution is -2.17. The number of amidine groups is 1. The highest BCUT2D eigenvalue weighted by atomic mass is 16.5. The van der Waals surface area contributed by atoms with Gasteiger partial charge in [0.2, 0.25) is 0 Å². The van der Waals surface area contributed by atoms with Crippen molar-refractivity contribution in [1.29, 1.82) is 0 Å². The number of hydrogen-bond donors (Lipinski definition) is 1. The SMILES string of the molecule is COc1ccc(OC)c(C2=Nc3cccc4cccc(c34)N2)c1. The number of rotatable bonds is 3. The lowest BCUT2D eigenvalue weighted by molar-refractivity contribution is 0.402. The van der Waals surface area contributed by atoms with Crippen LogP contribution in [0, 0.1) is 0 Å². The van der Waals surface area contributed by atoms with Gasteiger partial charge in [-0.05, 0) is 35.7 Å². The minimum absolute atomic E-state index is 0.753. The highest BCUT2D eigenvalue weighted by molar-refractivity contribution is 6.19. The van der Waals surface area contributed by atoms with Crippen LogP contribution in [0.25, 0.3) is 10.8 Å². The summed E-state index contributed by atoms with van der Waals surface area (Å²) in [5, 5.41) is 5.73. The molecule has 0 spiro atoms. The van der Waals surface area contributed by atoms with Crippen molar-refractivity contribution < 1.29 is 9.47 Å². The lowest BCUT2D eigenvalue weighted by atomic mass is 10.0. The van der Waals surface area contributed by atoms with Crippen LogP contribution in [0.2, 0.25) is 0 Å². The van der Waals surface area contributed by atoms with E-state index in [0.29, 0.717) is 0 Å². The Balaban J connectivity index is 1.92. The molecule has 23 heavy (non-hydrogen) atoms. The second kappa shape index (κ2) is 5.32. The standard InChI is InChI=1S/C19H16N2O2/c1-22-13-9-10-17(23-2)14(11-13)19-20-15-7-3-5-12-6-4-8-16(21-19)18(12)15/h3-11H,1-2H3,(H,20,21). The summed E-state index contributed by atoms with van der Waals surface area (Å²) in [6.45, 7) is 0. The number of hydrogen-bond acceptors (Lipinski definition) is 4. The average Bonchev–Trinajstić information content (AvgIpc) is 2.61. The van der Waals surface area contributed by atoms with Gasteiger partial charge in [0, 0.05) is 11.1 Å². The second-order valence-electron chi connectivity index (χ2n) is 5.33. The number of benzene rings is 3. The van der Waals surface area contributed by atoms with E-state index in [0.717, 1.165) is 39.7 Å². The molecule has 0 aromatic heterocycles. The molecule has 0 aliphatic carbocycles. The summed E-state index contributed by atoms with van der Waals surface area (Å²) in [7, 11) is 3.31. The van der Waals surface area contributed by atoms with Crippen LogP contribution >= 0.6 is 0 Å². The van der Waals surface area contributed by atoms with Gasteiger partial charge in [-0.3, -0.25) is 0 Å². The maximum absolute atomic E-state index is 5.48. The molecule has 0 atom stereocenters. The van der Waals surface area contributed by atoms with Crippen molar-refractivity contribution in [2.75, 3.05) is 19.5 Å². The third kappa shape index (κ3) is 2.19. The van der Waals surface area contributed by atoms with Gasteiger partial charge in [-0.1, -0.05) is 24.3 Å². The molecule has 1 aliphatic heterocycles. The van der Waals surface area contributed by atoms with Gasteiger partial charge in [0.1, 0.15) is 17.3 Å². The summed E-state index contributed by atoms with van der Waals surface area (Å²) >= 11 is 0. The Bertz CT molecular complexity index is 927. The molecule has 114 valence electrons. The van der Waals surface area contributed by atoms with Gasteiger partial charge >= 0.3 is 0 Å². The Kier molecular flexibility index (Phi) is 3.15. The van der Waals surface area contributed by atoms with Crippen molar-refractivity contribution in [2.24, 2.45) is 4.99 Å². The molecule has 0 saturated carbocycles. The molecule has 0 amide bonds. The number of nitrogens with zero attached hydrogens (tertiary/aromatic N) is 1. The van der Waals surface area contributed by atoms with Gasteiger partial charge in [0.15, 0.2) is 0 Å². The molecule has 0 unspecified atom stereocenters. The second-order valence-corrected chi connectivity index (χ2v) is 5.33. The third-order valence-electron chi connectivity index (χ3n) is 4.03. The van der Waals surface area contributed by atoms with Crippen LogP contribution in [0.1, 0.15) is 5.56 Å². The molecule has 3 aromatic carbocycles. The first-order valence-electron chi connectivity index (χ1n) is 7.40. The molecule has 0 saturated heterocycles. The van der Waals surface area contributed by atoms with Crippen molar-refractivity contribution >= 4 is 28.0 Å². The molecule has 0 fully saturated rings. The molecule has 4 rings (SSSR count). The van der Waals surface area contributed by atoms with Crippen molar-refractivity contribution in [3.63, 3.8) is 0 Å². The Morgan fingerprint density at radius 1 is 0.913 bits per heavy atom. The Morgan fingerprint density at radius 2 is 1.74 bits per heavy atom. The monoisotopic (exact) mass is 304 g/mol. The van der Waals surface area contributed by atoms with Crippen LogP contribution in [0.3, 0.4) is 0 Å². The molecule has 4 nitrogen and oxygen atoms in total. The van der Waals surface area contributed by atoms with Crippen molar-refractivity contribution in [3.05, 3.63) is 60.2 Å². The van der Waals surface area contributed by atoms with E-state index in [1.165, 1.54) is 5.39 Å². The molecular weight excluding hydrogens is 288 g/mol. The zero-order chi connectivity index (χ0) is 15.8. The van der Waals surface area contributed by atoms with Crippen molar-refractivity contribution in [2.45, 2.75) is 0 Å². The molecule has 1 aliphatic rings. The molecule has 1 heterocycles. The highest BCUT2D eigenvalue weighted by Crippen LogP contribution is 2.37. The zero-order valence-corrected chi connectivity index (χ0v) is 13.0. The van der Waals surface area contributed by atoms with Crippen molar-refractivity contribution in [3.8, 4) is 11.5 Å². The number of anilines is 1. The number of ether oxygens (including phenoxy) is 2. The van der Waals surface area contributed by atoms with Crippen molar-refractivity contribution in [1.82, 2.24) is 0 Å². The summed E-state index contributed by atoms with van der Waals surface area (Å²) in [6.07, 6.45) is 0. The van der Waals surface area contributed by atoms with Gasteiger partial charge in [-0.25, -0.2) is 4.99 Å². The maximum Gasteiger partial charge on any atom is 0.142 e. The predicted octanol–water partition coefficient (Wildman–Crippen LogP) is 4.36. The number of aliphatic imine (C=N–C) groups is 1. The van der Waals surface area contributed by atoms with Gasteiger partial charge < -0.3 is 14.8 Å². The van der Waals surface area contributed by atoms with Gasteiger partial charge in [-0.15, -0.1) is 0 Å². The van der Waals surface area contributed by atoms with Crippen LogP contribution in [-0.2, 0) is 0 Å². The quantitative estimate of drug-likeness (QED) is 0.781. The largest absolute Gasteiger partial charge is 0.497 e. The molecule has 4 heteroatoms. The normalized spacial score (nSPS) is 12.5. The van der Waals surface area contributed by atoms with E-state index in [4.69, 9.17) is 14.5 Å². The topological polar surface area (TPSA) is 42.9 Å². The summed E-state index contributed by atoms with van der Waals surface area (Å²) in [4.78, 5) is 4.79. The molecule has 0 radical (unpaired) electrons. The van der Waals surface area contributed by atoms with Gasteiger partial charge in [0.25, 0.3) is 0 Å². The van der Waals surface area contributed by atoms with Gasteiger partial charge in [-0.2, -0.15) is 0 Å². The van der Waals surface area contributed by atoms with E-state index >= 15 is 0 Å². The minimum atomic E-state index is 0.753. The van der Waals surface area contributed by atoms with E-state index in [1.54, 1.807) is 14.2 Å². The van der Waals surface area contributed by atoms with E-state index in [1.807, 2.05) is 36.4 Å². The molecular formula is C19H16N2O2. The minimum Gasteiger partial charge on any atom is -0.497 e.